The minimum atomic E-state index is -3.48. The molecule has 1 aliphatic rings. The van der Waals surface area contributed by atoms with Gasteiger partial charge in [-0.05, 0) is 18.8 Å². The van der Waals surface area contributed by atoms with Gasteiger partial charge in [0.15, 0.2) is 5.03 Å². The second-order valence-corrected chi connectivity index (χ2v) is 5.40. The molecule has 0 aliphatic heterocycles. The third-order valence-electron chi connectivity index (χ3n) is 2.51. The van der Waals surface area contributed by atoms with Gasteiger partial charge < -0.3 is 10.7 Å². The van der Waals surface area contributed by atoms with Crippen LogP contribution in [0.25, 0.3) is 0 Å². The number of imidazole rings is 1. The van der Waals surface area contributed by atoms with Crippen LogP contribution in [0.5, 0.6) is 0 Å². The van der Waals surface area contributed by atoms with E-state index in [0.29, 0.717) is 12.5 Å². The van der Waals surface area contributed by atoms with Crippen molar-refractivity contribution in [1.29, 1.82) is 0 Å². The molecule has 4 N–H and O–H groups in total. The maximum atomic E-state index is 11.8. The van der Waals surface area contributed by atoms with Gasteiger partial charge in [0.05, 0.1) is 12.5 Å². The van der Waals surface area contributed by atoms with E-state index in [2.05, 4.69) is 14.7 Å². The summed E-state index contributed by atoms with van der Waals surface area (Å²) in [5.74, 6) is 0.396. The molecule has 0 saturated heterocycles. The lowest BCUT2D eigenvalue weighted by Gasteiger charge is -2.14. The van der Waals surface area contributed by atoms with Crippen LogP contribution in [0.4, 0.5) is 0 Å². The van der Waals surface area contributed by atoms with Crippen LogP contribution in [-0.2, 0) is 10.0 Å². The van der Waals surface area contributed by atoms with Crippen molar-refractivity contribution in [3.8, 4) is 0 Å². The number of hydrogen-bond acceptors (Lipinski definition) is 4. The molecule has 84 valence electrons. The SMILES string of the molecule is NCC(NS(=O)(=O)c1cnc[nH]1)C1CC1. The highest BCUT2D eigenvalue weighted by Gasteiger charge is 2.33. The summed E-state index contributed by atoms with van der Waals surface area (Å²) < 4.78 is 26.1. The Morgan fingerprint density at radius 1 is 1.67 bits per heavy atom. The Balaban J connectivity index is 2.10. The van der Waals surface area contributed by atoms with Crippen molar-refractivity contribution in [1.82, 2.24) is 14.7 Å². The molecule has 1 saturated carbocycles. The highest BCUT2D eigenvalue weighted by Crippen LogP contribution is 2.32. The van der Waals surface area contributed by atoms with Gasteiger partial charge in [-0.1, -0.05) is 0 Å². The van der Waals surface area contributed by atoms with Crippen LogP contribution in [-0.4, -0.2) is 31.0 Å². The van der Waals surface area contributed by atoms with Crippen LogP contribution < -0.4 is 10.5 Å². The van der Waals surface area contributed by atoms with E-state index in [9.17, 15) is 8.42 Å². The molecule has 7 heteroatoms. The first-order chi connectivity index (χ1) is 7.13. The smallest absolute Gasteiger partial charge is 0.257 e. The molecule has 0 amide bonds. The molecule has 0 spiro atoms. The monoisotopic (exact) mass is 230 g/mol. The zero-order valence-corrected chi connectivity index (χ0v) is 9.00. The van der Waals surface area contributed by atoms with Gasteiger partial charge in [0.25, 0.3) is 10.0 Å². The standard InChI is InChI=1S/C8H14N4O2S/c9-3-7(6-1-2-6)12-15(13,14)8-4-10-5-11-8/h4-7,12H,1-3,9H2,(H,10,11). The molecule has 15 heavy (non-hydrogen) atoms. The molecule has 1 unspecified atom stereocenters. The van der Waals surface area contributed by atoms with E-state index < -0.39 is 10.0 Å². The third-order valence-corrected chi connectivity index (χ3v) is 3.93. The van der Waals surface area contributed by atoms with Gasteiger partial charge in [0, 0.05) is 12.6 Å². The van der Waals surface area contributed by atoms with Crippen LogP contribution in [0, 0.1) is 5.92 Å². The number of nitrogens with two attached hydrogens (primary N) is 1. The number of H-pyrrole nitrogens is 1. The van der Waals surface area contributed by atoms with Gasteiger partial charge in [0.2, 0.25) is 0 Å². The van der Waals surface area contributed by atoms with Crippen molar-refractivity contribution in [3.63, 3.8) is 0 Å². The van der Waals surface area contributed by atoms with E-state index in [4.69, 9.17) is 5.73 Å². The minimum absolute atomic E-state index is 0.0848. The predicted molar refractivity (Wildman–Crippen MR) is 54.5 cm³/mol. The molecule has 0 aromatic carbocycles. The van der Waals surface area contributed by atoms with E-state index in [1.54, 1.807) is 0 Å². The lowest BCUT2D eigenvalue weighted by molar-refractivity contribution is 0.517. The Hall–Kier alpha value is -0.920. The fourth-order valence-corrected chi connectivity index (χ4v) is 2.71. The normalized spacial score (nSPS) is 19.0. The Labute approximate surface area is 88.3 Å². The number of nitrogens with zero attached hydrogens (tertiary/aromatic N) is 1. The second kappa shape index (κ2) is 3.92. The lowest BCUT2D eigenvalue weighted by Crippen LogP contribution is -2.41. The largest absolute Gasteiger partial charge is 0.335 e. The third kappa shape index (κ3) is 2.36. The summed E-state index contributed by atoms with van der Waals surface area (Å²) in [4.78, 5) is 6.24. The van der Waals surface area contributed by atoms with E-state index in [1.807, 2.05) is 0 Å². The fraction of sp³-hybridized carbons (Fsp3) is 0.625. The summed E-state index contributed by atoms with van der Waals surface area (Å²) in [6.07, 6.45) is 4.71. The van der Waals surface area contributed by atoms with Crippen LogP contribution in [0.3, 0.4) is 0 Å². The van der Waals surface area contributed by atoms with E-state index in [-0.39, 0.29) is 11.1 Å². The van der Waals surface area contributed by atoms with Crippen molar-refractivity contribution < 1.29 is 8.42 Å². The molecule has 1 aliphatic carbocycles. The zero-order chi connectivity index (χ0) is 10.9. The molecule has 0 radical (unpaired) electrons. The highest BCUT2D eigenvalue weighted by atomic mass is 32.2. The summed E-state index contributed by atoms with van der Waals surface area (Å²) in [6, 6.07) is -0.154. The van der Waals surface area contributed by atoms with E-state index in [1.165, 1.54) is 12.5 Å². The number of aromatic amines is 1. The lowest BCUT2D eigenvalue weighted by atomic mass is 10.2. The van der Waals surface area contributed by atoms with Gasteiger partial charge in [-0.2, -0.15) is 0 Å². The highest BCUT2D eigenvalue weighted by molar-refractivity contribution is 7.89. The molecular weight excluding hydrogens is 216 g/mol. The maximum Gasteiger partial charge on any atom is 0.257 e. The number of nitrogens with one attached hydrogen (secondary N) is 2. The molecular formula is C8H14N4O2S. The number of hydrogen-bond donors (Lipinski definition) is 3. The Kier molecular flexibility index (Phi) is 2.76. The first-order valence-corrected chi connectivity index (χ1v) is 6.32. The Morgan fingerprint density at radius 2 is 2.40 bits per heavy atom. The van der Waals surface area contributed by atoms with E-state index in [0.717, 1.165) is 12.8 Å². The van der Waals surface area contributed by atoms with Crippen LogP contribution >= 0.6 is 0 Å². The van der Waals surface area contributed by atoms with Crippen molar-refractivity contribution >= 4 is 10.0 Å². The van der Waals surface area contributed by atoms with Gasteiger partial charge in [-0.15, -0.1) is 0 Å². The number of aromatic nitrogens is 2. The average Bonchev–Trinajstić information content (AvgIpc) is 2.88. The molecule has 1 fully saturated rings. The predicted octanol–water partition coefficient (Wildman–Crippen LogP) is -0.575. The van der Waals surface area contributed by atoms with Gasteiger partial charge in [0.1, 0.15) is 0 Å². The fourth-order valence-electron chi connectivity index (χ4n) is 1.49. The van der Waals surface area contributed by atoms with Crippen molar-refractivity contribution in [2.24, 2.45) is 11.7 Å². The van der Waals surface area contributed by atoms with Crippen LogP contribution in [0.2, 0.25) is 0 Å². The molecule has 6 nitrogen and oxygen atoms in total. The Morgan fingerprint density at radius 3 is 2.87 bits per heavy atom. The maximum absolute atomic E-state index is 11.8. The minimum Gasteiger partial charge on any atom is -0.335 e. The molecule has 1 atom stereocenters. The number of sulfonamides is 1. The van der Waals surface area contributed by atoms with E-state index >= 15 is 0 Å². The first kappa shape index (κ1) is 10.6. The van der Waals surface area contributed by atoms with Gasteiger partial charge in [-0.25, -0.2) is 18.1 Å². The van der Waals surface area contributed by atoms with Gasteiger partial charge >= 0.3 is 0 Å². The van der Waals surface area contributed by atoms with Crippen LogP contribution in [0.1, 0.15) is 12.8 Å². The quantitative estimate of drug-likeness (QED) is 0.630. The van der Waals surface area contributed by atoms with Crippen molar-refractivity contribution in [2.75, 3.05) is 6.54 Å². The first-order valence-electron chi connectivity index (χ1n) is 4.84. The summed E-state index contributed by atoms with van der Waals surface area (Å²) in [5.41, 5.74) is 5.52. The molecule has 1 heterocycles. The summed E-state index contributed by atoms with van der Waals surface area (Å²) in [5, 5.41) is 0.0848. The summed E-state index contributed by atoms with van der Waals surface area (Å²) in [7, 11) is -3.48. The van der Waals surface area contributed by atoms with Crippen LogP contribution in [0.15, 0.2) is 17.6 Å². The molecule has 1 aromatic heterocycles. The average molecular weight is 230 g/mol. The number of rotatable bonds is 5. The second-order valence-electron chi connectivity index (χ2n) is 3.72. The molecule has 1 aromatic rings. The topological polar surface area (TPSA) is 101 Å². The van der Waals surface area contributed by atoms with Crippen molar-refractivity contribution in [3.05, 3.63) is 12.5 Å². The summed E-state index contributed by atoms with van der Waals surface area (Å²) in [6.45, 7) is 0.331. The zero-order valence-electron chi connectivity index (χ0n) is 8.18. The Bertz CT molecular complexity index is 410. The molecule has 2 rings (SSSR count). The van der Waals surface area contributed by atoms with Gasteiger partial charge in [-0.3, -0.25) is 0 Å². The summed E-state index contributed by atoms with van der Waals surface area (Å²) >= 11 is 0. The van der Waals surface area contributed by atoms with Crippen molar-refractivity contribution in [2.45, 2.75) is 23.9 Å². The molecule has 0 bridgehead atoms.